The fraction of sp³-hybridized carbons (Fsp3) is 0.600. The van der Waals surface area contributed by atoms with Crippen LogP contribution in [0.25, 0.3) is 11.0 Å². The molecular formula is C15H21BrN4O. The number of hydrogen-bond acceptors (Lipinski definition) is 4. The summed E-state index contributed by atoms with van der Waals surface area (Å²) in [7, 11) is 0. The molecule has 0 saturated heterocycles. The van der Waals surface area contributed by atoms with Gasteiger partial charge >= 0.3 is 0 Å². The van der Waals surface area contributed by atoms with E-state index in [1.54, 1.807) is 0 Å². The molecule has 6 heteroatoms. The van der Waals surface area contributed by atoms with Crippen molar-refractivity contribution in [3.8, 4) is 0 Å². The largest absolute Gasteiger partial charge is 0.393 e. The van der Waals surface area contributed by atoms with Gasteiger partial charge in [0.05, 0.1) is 11.5 Å². The summed E-state index contributed by atoms with van der Waals surface area (Å²) < 4.78 is 3.27. The number of hydrogen-bond donors (Lipinski definition) is 2. The van der Waals surface area contributed by atoms with Crippen LogP contribution in [0.15, 0.2) is 16.9 Å². The lowest BCUT2D eigenvalue weighted by atomic mass is 9.93. The highest BCUT2D eigenvalue weighted by molar-refractivity contribution is 9.10. The number of aromatic nitrogens is 3. The minimum absolute atomic E-state index is 0.136. The Hall–Kier alpha value is -1.14. The van der Waals surface area contributed by atoms with E-state index in [2.05, 4.69) is 48.9 Å². The van der Waals surface area contributed by atoms with E-state index in [0.717, 1.165) is 54.2 Å². The summed E-state index contributed by atoms with van der Waals surface area (Å²) in [5.74, 6) is 0.687. The average Bonchev–Trinajstić information content (AvgIpc) is 2.83. The SMILES string of the molecule is CCCNc1ncc2c(Br)cn(C3CCC(O)CC3)c2n1. The zero-order chi connectivity index (χ0) is 14.8. The number of nitrogens with zero attached hydrogens (tertiary/aromatic N) is 3. The van der Waals surface area contributed by atoms with Crippen molar-refractivity contribution >= 4 is 32.9 Å². The minimum atomic E-state index is -0.136. The van der Waals surface area contributed by atoms with Crippen molar-refractivity contribution in [1.29, 1.82) is 0 Å². The highest BCUT2D eigenvalue weighted by Crippen LogP contribution is 2.34. The van der Waals surface area contributed by atoms with Crippen molar-refractivity contribution in [3.63, 3.8) is 0 Å². The standard InChI is InChI=1S/C15H21BrN4O/c1-2-7-17-15-18-8-12-13(16)9-20(14(12)19-15)10-3-5-11(21)6-4-10/h8-11,21H,2-7H2,1H3,(H,17,18,19). The molecule has 1 fully saturated rings. The normalized spacial score (nSPS) is 22.6. The van der Waals surface area contributed by atoms with Crippen LogP contribution in [-0.2, 0) is 0 Å². The second-order valence-electron chi connectivity index (χ2n) is 5.70. The minimum Gasteiger partial charge on any atom is -0.393 e. The molecule has 0 radical (unpaired) electrons. The molecule has 2 heterocycles. The highest BCUT2D eigenvalue weighted by Gasteiger charge is 2.23. The molecule has 0 amide bonds. The van der Waals surface area contributed by atoms with Crippen molar-refractivity contribution in [3.05, 3.63) is 16.9 Å². The third-order valence-corrected chi connectivity index (χ3v) is 4.75. The molecule has 1 aliphatic rings. The number of aliphatic hydroxyl groups excluding tert-OH is 1. The molecule has 0 bridgehead atoms. The summed E-state index contributed by atoms with van der Waals surface area (Å²) in [5.41, 5.74) is 0.969. The molecule has 1 saturated carbocycles. The first kappa shape index (κ1) is 14.8. The average molecular weight is 353 g/mol. The van der Waals surface area contributed by atoms with Crippen LogP contribution in [0.3, 0.4) is 0 Å². The monoisotopic (exact) mass is 352 g/mol. The fourth-order valence-electron chi connectivity index (χ4n) is 2.93. The Balaban J connectivity index is 1.93. The molecule has 5 nitrogen and oxygen atoms in total. The highest BCUT2D eigenvalue weighted by atomic mass is 79.9. The smallest absolute Gasteiger partial charge is 0.224 e. The Morgan fingerprint density at radius 2 is 2.14 bits per heavy atom. The number of fused-ring (bicyclic) bond motifs is 1. The molecule has 0 atom stereocenters. The summed E-state index contributed by atoms with van der Waals surface area (Å²) in [6.07, 6.45) is 8.62. The van der Waals surface area contributed by atoms with Crippen molar-refractivity contribution in [2.45, 2.75) is 51.2 Å². The van der Waals surface area contributed by atoms with Gasteiger partial charge in [0.15, 0.2) is 0 Å². The number of halogens is 1. The van der Waals surface area contributed by atoms with Crippen molar-refractivity contribution < 1.29 is 5.11 Å². The molecule has 2 aromatic heterocycles. The first-order chi connectivity index (χ1) is 10.2. The first-order valence-corrected chi connectivity index (χ1v) is 8.43. The molecule has 2 N–H and O–H groups in total. The van der Waals surface area contributed by atoms with E-state index in [0.29, 0.717) is 12.0 Å². The molecule has 0 spiro atoms. The second-order valence-corrected chi connectivity index (χ2v) is 6.56. The van der Waals surface area contributed by atoms with Gasteiger partial charge in [-0.1, -0.05) is 6.92 Å². The number of aliphatic hydroxyl groups is 1. The lowest BCUT2D eigenvalue weighted by molar-refractivity contribution is 0.111. The third kappa shape index (κ3) is 3.06. The quantitative estimate of drug-likeness (QED) is 0.883. The van der Waals surface area contributed by atoms with E-state index in [-0.39, 0.29) is 6.10 Å². The van der Waals surface area contributed by atoms with Gasteiger partial charge in [0, 0.05) is 29.5 Å². The van der Waals surface area contributed by atoms with E-state index in [4.69, 9.17) is 0 Å². The number of nitrogens with one attached hydrogen (secondary N) is 1. The predicted molar refractivity (Wildman–Crippen MR) is 87.5 cm³/mol. The summed E-state index contributed by atoms with van der Waals surface area (Å²) in [4.78, 5) is 9.05. The van der Waals surface area contributed by atoms with E-state index in [1.165, 1.54) is 0 Å². The van der Waals surface area contributed by atoms with Gasteiger partial charge in [-0.25, -0.2) is 4.98 Å². The van der Waals surface area contributed by atoms with Crippen LogP contribution in [0.2, 0.25) is 0 Å². The molecule has 0 unspecified atom stereocenters. The van der Waals surface area contributed by atoms with Crippen molar-refractivity contribution in [2.75, 3.05) is 11.9 Å². The molecular weight excluding hydrogens is 332 g/mol. The topological polar surface area (TPSA) is 63.0 Å². The molecule has 3 rings (SSSR count). The first-order valence-electron chi connectivity index (χ1n) is 7.64. The maximum atomic E-state index is 9.68. The van der Waals surface area contributed by atoms with E-state index >= 15 is 0 Å². The Bertz CT molecular complexity index is 619. The van der Waals surface area contributed by atoms with Gasteiger partial charge in [-0.05, 0) is 48.0 Å². The van der Waals surface area contributed by atoms with Crippen LogP contribution in [0.4, 0.5) is 5.95 Å². The van der Waals surface area contributed by atoms with E-state index < -0.39 is 0 Å². The maximum absolute atomic E-state index is 9.68. The summed E-state index contributed by atoms with van der Waals surface area (Å²) in [6, 6.07) is 0.413. The molecule has 0 aliphatic heterocycles. The van der Waals surface area contributed by atoms with Crippen LogP contribution in [0.5, 0.6) is 0 Å². The van der Waals surface area contributed by atoms with Crippen LogP contribution < -0.4 is 5.32 Å². The molecule has 0 aromatic carbocycles. The molecule has 114 valence electrons. The number of anilines is 1. The number of rotatable bonds is 4. The van der Waals surface area contributed by atoms with Gasteiger partial charge in [0.25, 0.3) is 0 Å². The summed E-state index contributed by atoms with van der Waals surface area (Å²) in [6.45, 7) is 3.00. The molecule has 2 aromatic rings. The maximum Gasteiger partial charge on any atom is 0.224 e. The lowest BCUT2D eigenvalue weighted by Gasteiger charge is -2.27. The van der Waals surface area contributed by atoms with Crippen LogP contribution in [0.1, 0.15) is 45.1 Å². The zero-order valence-corrected chi connectivity index (χ0v) is 13.8. The van der Waals surface area contributed by atoms with Gasteiger partial charge in [0.2, 0.25) is 5.95 Å². The molecule has 21 heavy (non-hydrogen) atoms. The predicted octanol–water partition coefficient (Wildman–Crippen LogP) is 3.49. The molecule has 1 aliphatic carbocycles. The van der Waals surface area contributed by atoms with Crippen LogP contribution in [-0.4, -0.2) is 32.3 Å². The van der Waals surface area contributed by atoms with Gasteiger partial charge in [0.1, 0.15) is 5.65 Å². The summed E-state index contributed by atoms with van der Waals surface area (Å²) >= 11 is 3.60. The Morgan fingerprint density at radius 3 is 2.86 bits per heavy atom. The van der Waals surface area contributed by atoms with Crippen LogP contribution >= 0.6 is 15.9 Å². The van der Waals surface area contributed by atoms with Gasteiger partial charge in [-0.3, -0.25) is 0 Å². The third-order valence-electron chi connectivity index (χ3n) is 4.12. The van der Waals surface area contributed by atoms with Gasteiger partial charge < -0.3 is 15.0 Å². The van der Waals surface area contributed by atoms with Crippen LogP contribution in [0, 0.1) is 0 Å². The Morgan fingerprint density at radius 1 is 1.38 bits per heavy atom. The summed E-state index contributed by atoms with van der Waals surface area (Å²) in [5, 5.41) is 14.0. The van der Waals surface area contributed by atoms with E-state index in [9.17, 15) is 5.11 Å². The van der Waals surface area contributed by atoms with Gasteiger partial charge in [-0.2, -0.15) is 4.98 Å². The van der Waals surface area contributed by atoms with Gasteiger partial charge in [-0.15, -0.1) is 0 Å². The lowest BCUT2D eigenvalue weighted by Crippen LogP contribution is -2.20. The van der Waals surface area contributed by atoms with Crippen molar-refractivity contribution in [2.24, 2.45) is 0 Å². The fourth-order valence-corrected chi connectivity index (χ4v) is 3.43. The second kappa shape index (κ2) is 6.32. The van der Waals surface area contributed by atoms with E-state index in [1.807, 2.05) is 6.20 Å². The Kier molecular flexibility index (Phi) is 4.45. The Labute approximate surface area is 132 Å². The van der Waals surface area contributed by atoms with Crippen molar-refractivity contribution in [1.82, 2.24) is 14.5 Å². The zero-order valence-electron chi connectivity index (χ0n) is 12.2.